The predicted octanol–water partition coefficient (Wildman–Crippen LogP) is 2.44. The van der Waals surface area contributed by atoms with Crippen LogP contribution in [0.25, 0.3) is 0 Å². The first kappa shape index (κ1) is 21.1. The van der Waals surface area contributed by atoms with Crippen LogP contribution >= 0.6 is 0 Å². The maximum absolute atomic E-state index is 7.31. The van der Waals surface area contributed by atoms with Gasteiger partial charge in [-0.1, -0.05) is 44.9 Å². The molecule has 1 aromatic carbocycles. The van der Waals surface area contributed by atoms with Gasteiger partial charge in [-0.2, -0.15) is 10.2 Å². The normalized spacial score (nSPS) is 11.9. The second-order valence-electron chi connectivity index (χ2n) is 5.96. The summed E-state index contributed by atoms with van der Waals surface area (Å²) in [5.74, 6) is -0.378. The van der Waals surface area contributed by atoms with Crippen LogP contribution in [0.15, 0.2) is 34.5 Å². The molecule has 142 valence electrons. The Labute approximate surface area is 155 Å². The first-order valence-corrected chi connectivity index (χ1v) is 8.91. The van der Waals surface area contributed by atoms with Crippen LogP contribution < -0.4 is 22.3 Å². The van der Waals surface area contributed by atoms with Gasteiger partial charge in [0.1, 0.15) is 0 Å². The van der Waals surface area contributed by atoms with Gasteiger partial charge in [0.15, 0.2) is 0 Å². The summed E-state index contributed by atoms with van der Waals surface area (Å²) >= 11 is 0. The molecule has 0 aliphatic heterocycles. The van der Waals surface area contributed by atoms with Gasteiger partial charge < -0.3 is 11.5 Å². The third-order valence-electron chi connectivity index (χ3n) is 3.69. The van der Waals surface area contributed by atoms with Crippen molar-refractivity contribution < 1.29 is 0 Å². The van der Waals surface area contributed by atoms with Crippen molar-refractivity contribution in [1.82, 2.24) is 10.9 Å². The fourth-order valence-corrected chi connectivity index (χ4v) is 2.35. The third kappa shape index (κ3) is 7.78. The number of unbranched alkanes of at least 4 members (excludes halogenated alkanes) is 2. The number of benzene rings is 1. The van der Waals surface area contributed by atoms with Crippen LogP contribution in [-0.4, -0.2) is 23.3 Å². The molecular formula is C18H30N8. The molecule has 0 radical (unpaired) electrons. The Bertz CT molecular complexity index is 610. The first-order chi connectivity index (χ1) is 12.5. The summed E-state index contributed by atoms with van der Waals surface area (Å²) in [5.41, 5.74) is 19.4. The first-order valence-electron chi connectivity index (χ1n) is 8.91. The Balaban J connectivity index is 3.16. The van der Waals surface area contributed by atoms with Gasteiger partial charge in [-0.15, -0.1) is 0 Å². The number of hydrogen-bond acceptors (Lipinski definition) is 4. The van der Waals surface area contributed by atoms with Crippen LogP contribution in [0.5, 0.6) is 0 Å². The van der Waals surface area contributed by atoms with E-state index < -0.39 is 0 Å². The zero-order chi connectivity index (χ0) is 19.4. The topological polar surface area (TPSA) is 149 Å². The highest BCUT2D eigenvalue weighted by molar-refractivity contribution is 6.06. The molecule has 0 aliphatic carbocycles. The van der Waals surface area contributed by atoms with Crippen LogP contribution in [0.4, 0.5) is 0 Å². The Morgan fingerprint density at radius 3 is 1.65 bits per heavy atom. The molecule has 8 heteroatoms. The van der Waals surface area contributed by atoms with E-state index in [0.29, 0.717) is 0 Å². The number of nitrogens with one attached hydrogen (secondary N) is 4. The monoisotopic (exact) mass is 358 g/mol. The molecule has 0 aromatic heterocycles. The maximum Gasteiger partial charge on any atom is 0.206 e. The molecule has 1 aromatic rings. The molecular weight excluding hydrogens is 328 g/mol. The predicted molar refractivity (Wildman–Crippen MR) is 109 cm³/mol. The zero-order valence-corrected chi connectivity index (χ0v) is 15.6. The van der Waals surface area contributed by atoms with Crippen molar-refractivity contribution in [1.29, 1.82) is 10.8 Å². The minimum atomic E-state index is -0.189. The average Bonchev–Trinajstić information content (AvgIpc) is 2.61. The molecule has 0 saturated carbocycles. The summed E-state index contributed by atoms with van der Waals surface area (Å²) in [6, 6.07) is 7.94. The van der Waals surface area contributed by atoms with Gasteiger partial charge >= 0.3 is 0 Å². The fraction of sp³-hybridized carbons (Fsp3) is 0.444. The van der Waals surface area contributed by atoms with E-state index in [0.717, 1.165) is 61.1 Å². The Morgan fingerprint density at radius 2 is 1.31 bits per heavy atom. The lowest BCUT2D eigenvalue weighted by molar-refractivity contribution is 0.825. The highest BCUT2D eigenvalue weighted by atomic mass is 15.3. The molecule has 1 rings (SSSR count). The van der Waals surface area contributed by atoms with E-state index in [4.69, 9.17) is 22.3 Å². The average molecular weight is 358 g/mol. The molecule has 0 saturated heterocycles. The van der Waals surface area contributed by atoms with E-state index >= 15 is 0 Å². The molecule has 8 N–H and O–H groups in total. The van der Waals surface area contributed by atoms with Crippen LogP contribution in [-0.2, 0) is 0 Å². The van der Waals surface area contributed by atoms with Gasteiger partial charge in [0.2, 0.25) is 11.9 Å². The van der Waals surface area contributed by atoms with Crippen molar-refractivity contribution in [2.45, 2.75) is 52.4 Å². The Morgan fingerprint density at radius 1 is 0.885 bits per heavy atom. The summed E-state index contributed by atoms with van der Waals surface area (Å²) in [7, 11) is 0. The SMILES string of the molecule is CCCC/C(=N/NC(=N)N)c1cccc(/C(CCCC)=N\NC(=N)N)c1. The van der Waals surface area contributed by atoms with E-state index in [1.165, 1.54) is 0 Å². The third-order valence-corrected chi connectivity index (χ3v) is 3.69. The van der Waals surface area contributed by atoms with Crippen molar-refractivity contribution in [2.75, 3.05) is 0 Å². The van der Waals surface area contributed by atoms with Gasteiger partial charge in [-0.3, -0.25) is 10.8 Å². The Kier molecular flexibility index (Phi) is 9.45. The lowest BCUT2D eigenvalue weighted by Gasteiger charge is -2.11. The molecule has 0 bridgehead atoms. The number of nitrogens with zero attached hydrogens (tertiary/aromatic N) is 2. The van der Waals surface area contributed by atoms with Crippen molar-refractivity contribution in [3.8, 4) is 0 Å². The van der Waals surface area contributed by atoms with Crippen molar-refractivity contribution >= 4 is 23.3 Å². The molecule has 8 nitrogen and oxygen atoms in total. The molecule has 0 heterocycles. The number of rotatable bonds is 10. The number of nitrogens with two attached hydrogens (primary N) is 2. The quantitative estimate of drug-likeness (QED) is 0.216. The van der Waals surface area contributed by atoms with Crippen LogP contribution in [0, 0.1) is 10.8 Å². The zero-order valence-electron chi connectivity index (χ0n) is 15.6. The van der Waals surface area contributed by atoms with Crippen LogP contribution in [0.2, 0.25) is 0 Å². The van der Waals surface area contributed by atoms with Crippen molar-refractivity contribution in [3.63, 3.8) is 0 Å². The Hall–Kier alpha value is -2.90. The largest absolute Gasteiger partial charge is 0.369 e. The standard InChI is InChI=1S/C18H30N8/c1-3-5-10-15(23-25-17(19)20)13-8-7-9-14(12-13)16(11-6-4-2)24-26-18(21)22/h7-9,12H,3-6,10-11H2,1-2H3,(H4,19,20,25)(H4,21,22,26)/b23-15-,24-16-. The number of guanidine groups is 2. The summed E-state index contributed by atoms with van der Waals surface area (Å²) < 4.78 is 0. The lowest BCUT2D eigenvalue weighted by Crippen LogP contribution is -2.27. The van der Waals surface area contributed by atoms with Gasteiger partial charge in [0.25, 0.3) is 0 Å². The molecule has 0 aliphatic rings. The van der Waals surface area contributed by atoms with Crippen LogP contribution in [0.1, 0.15) is 63.5 Å². The van der Waals surface area contributed by atoms with Gasteiger partial charge in [0, 0.05) is 0 Å². The summed E-state index contributed by atoms with van der Waals surface area (Å²) in [6.45, 7) is 4.24. The molecule has 0 unspecified atom stereocenters. The second kappa shape index (κ2) is 11.6. The molecule has 0 fully saturated rings. The highest BCUT2D eigenvalue weighted by Gasteiger charge is 2.09. The van der Waals surface area contributed by atoms with E-state index in [1.807, 2.05) is 24.3 Å². The van der Waals surface area contributed by atoms with Crippen LogP contribution in [0.3, 0.4) is 0 Å². The van der Waals surface area contributed by atoms with Gasteiger partial charge in [-0.25, -0.2) is 10.9 Å². The summed E-state index contributed by atoms with van der Waals surface area (Å²) in [6.07, 6.45) is 5.65. The summed E-state index contributed by atoms with van der Waals surface area (Å²) in [4.78, 5) is 0. The molecule has 0 spiro atoms. The van der Waals surface area contributed by atoms with E-state index in [-0.39, 0.29) is 11.9 Å². The number of hydrogen-bond donors (Lipinski definition) is 6. The highest BCUT2D eigenvalue weighted by Crippen LogP contribution is 2.14. The number of hydrazone groups is 2. The van der Waals surface area contributed by atoms with Crippen molar-refractivity contribution in [3.05, 3.63) is 35.4 Å². The van der Waals surface area contributed by atoms with Gasteiger partial charge in [0.05, 0.1) is 11.4 Å². The lowest BCUT2D eigenvalue weighted by atomic mass is 9.98. The summed E-state index contributed by atoms with van der Waals surface area (Å²) in [5, 5.41) is 23.2. The molecule has 0 amide bonds. The van der Waals surface area contributed by atoms with E-state index in [2.05, 4.69) is 34.9 Å². The maximum atomic E-state index is 7.31. The molecule has 0 atom stereocenters. The van der Waals surface area contributed by atoms with Crippen molar-refractivity contribution in [2.24, 2.45) is 21.7 Å². The van der Waals surface area contributed by atoms with E-state index in [1.54, 1.807) is 0 Å². The molecule has 26 heavy (non-hydrogen) atoms. The fourth-order valence-electron chi connectivity index (χ4n) is 2.35. The smallest absolute Gasteiger partial charge is 0.206 e. The minimum absolute atomic E-state index is 0.189. The minimum Gasteiger partial charge on any atom is -0.369 e. The second-order valence-corrected chi connectivity index (χ2v) is 5.96. The van der Waals surface area contributed by atoms with Gasteiger partial charge in [-0.05, 0) is 42.9 Å². The van der Waals surface area contributed by atoms with E-state index in [9.17, 15) is 0 Å².